The predicted octanol–water partition coefficient (Wildman–Crippen LogP) is 4.96. The Kier molecular flexibility index (Phi) is 7.46. The van der Waals surface area contributed by atoms with Crippen LogP contribution in [0.4, 0.5) is 0 Å². The molecular formula is C27H30BrClN2O4. The predicted molar refractivity (Wildman–Crippen MR) is 140 cm³/mol. The molecule has 1 saturated carbocycles. The van der Waals surface area contributed by atoms with Crippen molar-refractivity contribution >= 4 is 27.5 Å². The van der Waals surface area contributed by atoms with Crippen LogP contribution < -0.4 is 9.47 Å². The molecule has 0 spiro atoms. The van der Waals surface area contributed by atoms with Crippen molar-refractivity contribution in [1.82, 2.24) is 9.88 Å². The Balaban J connectivity index is 0.00000141. The van der Waals surface area contributed by atoms with Gasteiger partial charge in [-0.25, -0.2) is 4.98 Å². The van der Waals surface area contributed by atoms with E-state index < -0.39 is 11.2 Å². The molecule has 3 aromatic rings. The lowest BCUT2D eigenvalue weighted by Crippen LogP contribution is -2.52. The first-order valence-corrected chi connectivity index (χ1v) is 12.5. The van der Waals surface area contributed by atoms with Crippen LogP contribution in [-0.4, -0.2) is 55.0 Å². The Morgan fingerprint density at radius 3 is 2.40 bits per heavy atom. The van der Waals surface area contributed by atoms with Crippen molar-refractivity contribution in [2.24, 2.45) is 5.92 Å². The zero-order chi connectivity index (χ0) is 25.4. The zero-order valence-corrected chi connectivity index (χ0v) is 22.5. The molecular weight excluding hydrogens is 532 g/mol. The lowest BCUT2D eigenvalue weighted by Gasteiger charge is -2.42. The van der Waals surface area contributed by atoms with Gasteiger partial charge in [0.1, 0.15) is 16.5 Å². The lowest BCUT2D eigenvalue weighted by atomic mass is 9.70. The van der Waals surface area contributed by atoms with Crippen LogP contribution in [0.5, 0.6) is 11.6 Å². The quantitative estimate of drug-likeness (QED) is 0.429. The first kappa shape index (κ1) is 25.9. The average Bonchev–Trinajstić information content (AvgIpc) is 3.25. The summed E-state index contributed by atoms with van der Waals surface area (Å²) in [5.74, 6) is 0.572. The van der Waals surface area contributed by atoms with E-state index in [1.54, 1.807) is 13.2 Å². The minimum absolute atomic E-state index is 0.106. The Hall–Kier alpha value is -2.16. The Bertz CT molecular complexity index is 1180. The number of benzene rings is 2. The number of aromatic nitrogens is 1. The van der Waals surface area contributed by atoms with Crippen molar-refractivity contribution in [2.75, 3.05) is 34.9 Å². The highest BCUT2D eigenvalue weighted by Gasteiger charge is 2.73. The third-order valence-electron chi connectivity index (χ3n) is 6.99. The van der Waals surface area contributed by atoms with Crippen LogP contribution in [0.3, 0.4) is 0 Å². The molecule has 1 aromatic heterocycles. The van der Waals surface area contributed by atoms with E-state index in [2.05, 4.69) is 37.9 Å². The van der Waals surface area contributed by atoms with E-state index in [9.17, 15) is 5.11 Å². The molecule has 0 amide bonds. The van der Waals surface area contributed by atoms with Gasteiger partial charge >= 0.3 is 0 Å². The number of hydrogen-bond acceptors (Lipinski definition) is 6. The van der Waals surface area contributed by atoms with Crippen LogP contribution in [0.1, 0.15) is 29.0 Å². The Labute approximate surface area is 219 Å². The van der Waals surface area contributed by atoms with Gasteiger partial charge in [-0.1, -0.05) is 70.0 Å². The molecule has 2 N–H and O–H groups in total. The summed E-state index contributed by atoms with van der Waals surface area (Å²) in [6, 6.07) is 20.0. The number of aliphatic hydroxyl groups excluding tert-OH is 1. The highest BCUT2D eigenvalue weighted by atomic mass is 79.9. The molecule has 0 saturated heterocycles. The Morgan fingerprint density at radius 2 is 1.80 bits per heavy atom. The van der Waals surface area contributed by atoms with Crippen molar-refractivity contribution in [3.8, 4) is 11.6 Å². The molecule has 1 aliphatic heterocycles. The molecule has 4 atom stereocenters. The van der Waals surface area contributed by atoms with Gasteiger partial charge in [0, 0.05) is 36.0 Å². The second-order valence-electron chi connectivity index (χ2n) is 9.10. The summed E-state index contributed by atoms with van der Waals surface area (Å²) in [5, 5.41) is 20.1. The van der Waals surface area contributed by atoms with Gasteiger partial charge in [-0.2, -0.15) is 0 Å². The number of aliphatic hydroxyl groups is 2. The number of ether oxygens (including phenoxy) is 2. The van der Waals surface area contributed by atoms with E-state index in [1.807, 2.05) is 56.6 Å². The SMILES string of the molecule is CO.COc1nc(Cl)cc2c1C1(O)C(CN(C)C)CC(c3ccccc3)C1(c1ccc(Br)cc1)O2. The van der Waals surface area contributed by atoms with Crippen molar-refractivity contribution in [3.63, 3.8) is 0 Å². The first-order valence-electron chi connectivity index (χ1n) is 11.4. The molecule has 8 heteroatoms. The van der Waals surface area contributed by atoms with Crippen molar-refractivity contribution < 1.29 is 19.7 Å². The summed E-state index contributed by atoms with van der Waals surface area (Å²) >= 11 is 9.87. The maximum absolute atomic E-state index is 12.9. The summed E-state index contributed by atoms with van der Waals surface area (Å²) in [6.45, 7) is 0.673. The molecule has 0 bridgehead atoms. The van der Waals surface area contributed by atoms with Crippen LogP contribution in [-0.2, 0) is 11.2 Å². The Morgan fingerprint density at radius 1 is 1.14 bits per heavy atom. The van der Waals surface area contributed by atoms with Gasteiger partial charge in [-0.05, 0) is 43.8 Å². The molecule has 5 rings (SSSR count). The van der Waals surface area contributed by atoms with E-state index in [-0.39, 0.29) is 17.0 Å². The van der Waals surface area contributed by atoms with Gasteiger partial charge in [0.05, 0.1) is 12.7 Å². The van der Waals surface area contributed by atoms with Gasteiger partial charge in [-0.3, -0.25) is 0 Å². The smallest absolute Gasteiger partial charge is 0.224 e. The van der Waals surface area contributed by atoms with Gasteiger partial charge < -0.3 is 24.6 Å². The van der Waals surface area contributed by atoms with E-state index >= 15 is 0 Å². The topological polar surface area (TPSA) is 75.0 Å². The molecule has 2 heterocycles. The monoisotopic (exact) mass is 560 g/mol. The summed E-state index contributed by atoms with van der Waals surface area (Å²) in [6.07, 6.45) is 0.736. The summed E-state index contributed by atoms with van der Waals surface area (Å²) in [4.78, 5) is 6.51. The van der Waals surface area contributed by atoms with Crippen molar-refractivity contribution in [2.45, 2.75) is 23.5 Å². The van der Waals surface area contributed by atoms with E-state index in [0.717, 1.165) is 29.1 Å². The standard InChI is InChI=1S/C26H26BrClN2O3.CH4O/c1-30(2)15-18-13-20(16-7-5-4-6-8-16)26(17-9-11-19(27)12-10-17)25(18,31)23-21(33-26)14-22(28)29-24(23)32-3;1-2/h4-12,14,18,20,31H,13,15H2,1-3H3;2H,1H3. The normalized spacial score (nSPS) is 26.4. The van der Waals surface area contributed by atoms with E-state index in [4.69, 9.17) is 26.2 Å². The molecule has 0 radical (unpaired) electrons. The van der Waals surface area contributed by atoms with E-state index in [1.165, 1.54) is 0 Å². The number of pyridine rings is 1. The van der Waals surface area contributed by atoms with E-state index in [0.29, 0.717) is 23.7 Å². The number of fused-ring (bicyclic) bond motifs is 3. The fraction of sp³-hybridized carbons (Fsp3) is 0.370. The highest BCUT2D eigenvalue weighted by Crippen LogP contribution is 2.70. The first-order chi connectivity index (χ1) is 16.8. The summed E-state index contributed by atoms with van der Waals surface area (Å²) in [5.41, 5.74) is 0.132. The molecule has 1 fully saturated rings. The second-order valence-corrected chi connectivity index (χ2v) is 10.4. The number of rotatable bonds is 5. The lowest BCUT2D eigenvalue weighted by molar-refractivity contribution is -0.130. The van der Waals surface area contributed by atoms with Crippen molar-refractivity contribution in [3.05, 3.63) is 87.0 Å². The van der Waals surface area contributed by atoms with Gasteiger partial charge in [0.15, 0.2) is 5.60 Å². The molecule has 35 heavy (non-hydrogen) atoms. The highest BCUT2D eigenvalue weighted by molar-refractivity contribution is 9.10. The largest absolute Gasteiger partial charge is 0.481 e. The fourth-order valence-corrected chi connectivity index (χ4v) is 6.27. The fourth-order valence-electron chi connectivity index (χ4n) is 5.83. The minimum atomic E-state index is -1.39. The molecule has 2 aromatic carbocycles. The third kappa shape index (κ3) is 4.03. The van der Waals surface area contributed by atoms with Crippen LogP contribution >= 0.6 is 27.5 Å². The third-order valence-corrected chi connectivity index (χ3v) is 7.72. The van der Waals surface area contributed by atoms with Gasteiger partial charge in [-0.15, -0.1) is 0 Å². The molecule has 1 aliphatic carbocycles. The van der Waals surface area contributed by atoms with Gasteiger partial charge in [0.2, 0.25) is 5.88 Å². The zero-order valence-electron chi connectivity index (χ0n) is 20.2. The van der Waals surface area contributed by atoms with Crippen molar-refractivity contribution in [1.29, 1.82) is 0 Å². The maximum atomic E-state index is 12.9. The summed E-state index contributed by atoms with van der Waals surface area (Å²) in [7, 11) is 6.59. The number of nitrogens with zero attached hydrogens (tertiary/aromatic N) is 2. The number of halogens is 2. The van der Waals surface area contributed by atoms with Crippen LogP contribution in [0, 0.1) is 5.92 Å². The molecule has 2 aliphatic rings. The average molecular weight is 562 g/mol. The summed E-state index contributed by atoms with van der Waals surface area (Å²) < 4.78 is 13.5. The van der Waals surface area contributed by atoms with Gasteiger partial charge in [0.25, 0.3) is 0 Å². The molecule has 4 unspecified atom stereocenters. The molecule has 6 nitrogen and oxygen atoms in total. The number of methoxy groups -OCH3 is 1. The molecule has 186 valence electrons. The number of hydrogen-bond donors (Lipinski definition) is 2. The van der Waals surface area contributed by atoms with Crippen LogP contribution in [0.25, 0.3) is 0 Å². The second kappa shape index (κ2) is 10.1. The van der Waals surface area contributed by atoms with Crippen LogP contribution in [0.15, 0.2) is 65.1 Å². The minimum Gasteiger partial charge on any atom is -0.481 e. The maximum Gasteiger partial charge on any atom is 0.224 e. The van der Waals surface area contributed by atoms with Crippen LogP contribution in [0.2, 0.25) is 5.15 Å².